The Hall–Kier alpha value is -1.59. The first-order chi connectivity index (χ1) is 10.4. The van der Waals surface area contributed by atoms with Crippen LogP contribution in [0, 0.1) is 0 Å². The zero-order valence-electron chi connectivity index (χ0n) is 12.9. The van der Waals surface area contributed by atoms with Crippen LogP contribution in [0.5, 0.6) is 5.75 Å². The molecule has 0 bridgehead atoms. The van der Waals surface area contributed by atoms with Crippen LogP contribution in [0.4, 0.5) is 0 Å². The summed E-state index contributed by atoms with van der Waals surface area (Å²) in [5.41, 5.74) is -0.458. The number of aliphatic hydroxyl groups is 1. The molecule has 3 rings (SSSR count). The third kappa shape index (κ3) is 3.10. The first-order valence-corrected chi connectivity index (χ1v) is 7.84. The maximum atomic E-state index is 12.5. The molecule has 5 nitrogen and oxygen atoms in total. The molecule has 22 heavy (non-hydrogen) atoms. The van der Waals surface area contributed by atoms with Crippen molar-refractivity contribution in [3.05, 3.63) is 29.8 Å². The molecule has 2 saturated heterocycles. The molecule has 1 atom stereocenters. The lowest BCUT2D eigenvalue weighted by Gasteiger charge is -2.48. The number of nitrogens with zero attached hydrogens (tertiary/aromatic N) is 1. The molecule has 0 saturated carbocycles. The molecule has 0 aromatic heterocycles. The van der Waals surface area contributed by atoms with Crippen LogP contribution in [-0.2, 0) is 4.74 Å². The Kier molecular flexibility index (Phi) is 3.87. The SMILES string of the molecule is CC1(O)CCOC2(CCN(C(=O)c3cccc(O)c3)CC2)C1. The minimum Gasteiger partial charge on any atom is -0.508 e. The fourth-order valence-electron chi connectivity index (χ4n) is 3.58. The third-order valence-corrected chi connectivity index (χ3v) is 4.81. The average Bonchev–Trinajstić information content (AvgIpc) is 2.46. The second kappa shape index (κ2) is 5.56. The molecule has 1 amide bonds. The van der Waals surface area contributed by atoms with Crippen LogP contribution in [0.2, 0.25) is 0 Å². The summed E-state index contributed by atoms with van der Waals surface area (Å²) in [6.45, 7) is 3.67. The van der Waals surface area contributed by atoms with Crippen molar-refractivity contribution in [2.75, 3.05) is 19.7 Å². The fraction of sp³-hybridized carbons (Fsp3) is 0.588. The van der Waals surface area contributed by atoms with E-state index in [1.807, 2.05) is 6.92 Å². The molecule has 0 radical (unpaired) electrons. The maximum Gasteiger partial charge on any atom is 0.253 e. The molecular formula is C17H23NO4. The van der Waals surface area contributed by atoms with Crippen LogP contribution in [0.3, 0.4) is 0 Å². The summed E-state index contributed by atoms with van der Waals surface area (Å²) >= 11 is 0. The van der Waals surface area contributed by atoms with Gasteiger partial charge in [-0.15, -0.1) is 0 Å². The number of ether oxygens (including phenoxy) is 1. The normalized spacial score (nSPS) is 27.8. The minimum atomic E-state index is -0.671. The zero-order valence-corrected chi connectivity index (χ0v) is 12.9. The van der Waals surface area contributed by atoms with E-state index in [0.29, 0.717) is 38.1 Å². The van der Waals surface area contributed by atoms with Crippen LogP contribution in [0.25, 0.3) is 0 Å². The molecule has 2 aliphatic rings. The minimum absolute atomic E-state index is 0.0617. The summed E-state index contributed by atoms with van der Waals surface area (Å²) < 4.78 is 5.96. The Morgan fingerprint density at radius 2 is 2.00 bits per heavy atom. The Balaban J connectivity index is 1.65. The highest BCUT2D eigenvalue weighted by molar-refractivity contribution is 5.94. The number of amides is 1. The highest BCUT2D eigenvalue weighted by atomic mass is 16.5. The average molecular weight is 305 g/mol. The van der Waals surface area contributed by atoms with Gasteiger partial charge < -0.3 is 19.8 Å². The molecule has 1 unspecified atom stereocenters. The predicted octanol–water partition coefficient (Wildman–Crippen LogP) is 1.93. The van der Waals surface area contributed by atoms with E-state index in [2.05, 4.69) is 0 Å². The number of likely N-dealkylation sites (tertiary alicyclic amines) is 1. The van der Waals surface area contributed by atoms with Crippen LogP contribution in [-0.4, -0.2) is 51.9 Å². The van der Waals surface area contributed by atoms with Crippen LogP contribution in [0.15, 0.2) is 24.3 Å². The number of phenolic OH excluding ortho intramolecular Hbond substituents is 1. The van der Waals surface area contributed by atoms with Gasteiger partial charge in [-0.25, -0.2) is 0 Å². The van der Waals surface area contributed by atoms with Gasteiger partial charge in [0, 0.05) is 25.1 Å². The number of piperidine rings is 1. The molecule has 2 fully saturated rings. The number of benzene rings is 1. The van der Waals surface area contributed by atoms with Crippen LogP contribution >= 0.6 is 0 Å². The molecular weight excluding hydrogens is 282 g/mol. The highest BCUT2D eigenvalue weighted by Gasteiger charge is 2.44. The lowest BCUT2D eigenvalue weighted by molar-refractivity contribution is -0.170. The van der Waals surface area contributed by atoms with Gasteiger partial charge in [0.15, 0.2) is 0 Å². The molecule has 5 heteroatoms. The highest BCUT2D eigenvalue weighted by Crippen LogP contribution is 2.39. The maximum absolute atomic E-state index is 12.5. The summed E-state index contributed by atoms with van der Waals surface area (Å²) in [7, 11) is 0. The number of rotatable bonds is 1. The van der Waals surface area contributed by atoms with Gasteiger partial charge in [0.05, 0.1) is 17.8 Å². The molecule has 1 aromatic rings. The molecule has 120 valence electrons. The summed E-state index contributed by atoms with van der Waals surface area (Å²) in [4.78, 5) is 14.3. The van der Waals surface area contributed by atoms with Crippen molar-refractivity contribution in [1.82, 2.24) is 4.90 Å². The number of carbonyl (C=O) groups is 1. The van der Waals surface area contributed by atoms with Crippen molar-refractivity contribution in [3.8, 4) is 5.75 Å². The summed E-state index contributed by atoms with van der Waals surface area (Å²) in [5.74, 6) is 0.0410. The van der Waals surface area contributed by atoms with Crippen molar-refractivity contribution in [3.63, 3.8) is 0 Å². The molecule has 1 spiro atoms. The molecule has 2 aliphatic heterocycles. The third-order valence-electron chi connectivity index (χ3n) is 4.81. The number of carbonyl (C=O) groups excluding carboxylic acids is 1. The van der Waals surface area contributed by atoms with Gasteiger partial charge in [-0.2, -0.15) is 0 Å². The van der Waals surface area contributed by atoms with Crippen molar-refractivity contribution in [2.24, 2.45) is 0 Å². The Morgan fingerprint density at radius 1 is 1.27 bits per heavy atom. The largest absolute Gasteiger partial charge is 0.508 e. The first kappa shape index (κ1) is 15.3. The van der Waals surface area contributed by atoms with Gasteiger partial charge in [-0.1, -0.05) is 6.07 Å². The van der Waals surface area contributed by atoms with Crippen LogP contribution < -0.4 is 0 Å². The summed E-state index contributed by atoms with van der Waals surface area (Å²) in [5, 5.41) is 19.8. The summed E-state index contributed by atoms with van der Waals surface area (Å²) in [6.07, 6.45) is 2.79. The molecule has 0 aliphatic carbocycles. The second-order valence-electron chi connectivity index (χ2n) is 6.80. The molecule has 1 aromatic carbocycles. The Labute approximate surface area is 130 Å². The topological polar surface area (TPSA) is 70.0 Å². The zero-order chi connectivity index (χ0) is 15.8. The lowest BCUT2D eigenvalue weighted by Crippen LogP contribution is -2.54. The number of hydrogen-bond donors (Lipinski definition) is 2. The van der Waals surface area contributed by atoms with Crippen molar-refractivity contribution in [1.29, 1.82) is 0 Å². The smallest absolute Gasteiger partial charge is 0.253 e. The van der Waals surface area contributed by atoms with Crippen molar-refractivity contribution < 1.29 is 19.7 Å². The number of hydrogen-bond acceptors (Lipinski definition) is 4. The summed E-state index contributed by atoms with van der Waals surface area (Å²) in [6, 6.07) is 6.44. The van der Waals surface area contributed by atoms with Gasteiger partial charge in [0.1, 0.15) is 5.75 Å². The second-order valence-corrected chi connectivity index (χ2v) is 6.80. The quantitative estimate of drug-likeness (QED) is 0.832. The van der Waals surface area contributed by atoms with Crippen LogP contribution in [0.1, 0.15) is 43.0 Å². The monoisotopic (exact) mass is 305 g/mol. The van der Waals surface area contributed by atoms with E-state index < -0.39 is 5.60 Å². The predicted molar refractivity (Wildman–Crippen MR) is 81.8 cm³/mol. The lowest BCUT2D eigenvalue weighted by atomic mass is 9.78. The van der Waals surface area contributed by atoms with E-state index in [9.17, 15) is 15.0 Å². The van der Waals surface area contributed by atoms with Crippen molar-refractivity contribution in [2.45, 2.75) is 43.8 Å². The van der Waals surface area contributed by atoms with E-state index in [1.165, 1.54) is 6.07 Å². The number of aromatic hydroxyl groups is 1. The number of phenols is 1. The van der Waals surface area contributed by atoms with Gasteiger partial charge in [-0.3, -0.25) is 4.79 Å². The van der Waals surface area contributed by atoms with Gasteiger partial charge in [0.2, 0.25) is 0 Å². The van der Waals surface area contributed by atoms with E-state index in [-0.39, 0.29) is 17.3 Å². The van der Waals surface area contributed by atoms with Gasteiger partial charge in [-0.05, 0) is 44.4 Å². The molecule has 2 N–H and O–H groups in total. The van der Waals surface area contributed by atoms with Gasteiger partial charge >= 0.3 is 0 Å². The first-order valence-electron chi connectivity index (χ1n) is 7.84. The Morgan fingerprint density at radius 3 is 2.64 bits per heavy atom. The van der Waals surface area contributed by atoms with E-state index in [4.69, 9.17) is 4.74 Å². The molecule has 2 heterocycles. The van der Waals surface area contributed by atoms with E-state index in [0.717, 1.165) is 12.8 Å². The van der Waals surface area contributed by atoms with E-state index in [1.54, 1.807) is 23.1 Å². The fourth-order valence-corrected chi connectivity index (χ4v) is 3.58. The van der Waals surface area contributed by atoms with Crippen molar-refractivity contribution >= 4 is 5.91 Å². The van der Waals surface area contributed by atoms with E-state index >= 15 is 0 Å². The van der Waals surface area contributed by atoms with Gasteiger partial charge in [0.25, 0.3) is 5.91 Å². The Bertz CT molecular complexity index is 562. The standard InChI is InChI=1S/C17H23NO4/c1-16(21)7-10-22-17(12-16)5-8-18(9-6-17)15(20)13-3-2-4-14(19)11-13/h2-4,11,19,21H,5-10,12H2,1H3.